The highest BCUT2D eigenvalue weighted by molar-refractivity contribution is 7.99. The molecule has 1 aliphatic heterocycles. The number of alkyl halides is 3. The van der Waals surface area contributed by atoms with Gasteiger partial charge < -0.3 is 15.3 Å². The molecule has 1 saturated heterocycles. The molecule has 1 fully saturated rings. The molecule has 126 valence electrons. The maximum Gasteiger partial charge on any atom is 0.391 e. The van der Waals surface area contributed by atoms with Crippen LogP contribution in [-0.4, -0.2) is 57.7 Å². The lowest BCUT2D eigenvalue weighted by Crippen LogP contribution is -2.52. The third kappa shape index (κ3) is 5.39. The van der Waals surface area contributed by atoms with Crippen LogP contribution in [0.5, 0.6) is 0 Å². The molecule has 6 nitrogen and oxygen atoms in total. The number of rotatable bonds is 6. The van der Waals surface area contributed by atoms with Crippen molar-refractivity contribution in [2.45, 2.75) is 44.4 Å². The first-order chi connectivity index (χ1) is 10.2. The molecule has 1 aliphatic rings. The van der Waals surface area contributed by atoms with Crippen molar-refractivity contribution in [2.24, 2.45) is 0 Å². The lowest BCUT2D eigenvalue weighted by Gasteiger charge is -2.25. The summed E-state index contributed by atoms with van der Waals surface area (Å²) in [7, 11) is 0. The number of halogens is 3. The third-order valence-electron chi connectivity index (χ3n) is 3.02. The molecule has 0 saturated carbocycles. The van der Waals surface area contributed by atoms with E-state index in [1.54, 1.807) is 6.92 Å². The Bertz CT molecular complexity index is 445. The standard InChI is InChI=1S/C12H17F3N2O4S/c1-2-3-9(18)17-6-22-5-8(17)10(19)16-7(11(20)21)4-12(13,14)15/h7-8H,2-6H2,1H3,(H,16,19)(H,20,21). The molecule has 0 aromatic carbocycles. The number of nitrogens with one attached hydrogen (secondary N) is 1. The van der Waals surface area contributed by atoms with Gasteiger partial charge in [0, 0.05) is 12.2 Å². The van der Waals surface area contributed by atoms with E-state index in [2.05, 4.69) is 0 Å². The normalized spacial score (nSPS) is 19.8. The van der Waals surface area contributed by atoms with E-state index >= 15 is 0 Å². The summed E-state index contributed by atoms with van der Waals surface area (Å²) < 4.78 is 36.9. The van der Waals surface area contributed by atoms with E-state index in [9.17, 15) is 27.6 Å². The number of hydrogen-bond donors (Lipinski definition) is 2. The maximum absolute atomic E-state index is 12.3. The molecule has 0 bridgehead atoms. The summed E-state index contributed by atoms with van der Waals surface area (Å²) in [5.41, 5.74) is 0. The van der Waals surface area contributed by atoms with Crippen LogP contribution in [0, 0.1) is 0 Å². The third-order valence-corrected chi connectivity index (χ3v) is 4.03. The molecular weight excluding hydrogens is 325 g/mol. The van der Waals surface area contributed by atoms with E-state index in [1.807, 2.05) is 5.32 Å². The molecule has 2 N–H and O–H groups in total. The van der Waals surface area contributed by atoms with Gasteiger partial charge in [-0.1, -0.05) is 6.92 Å². The van der Waals surface area contributed by atoms with Crippen molar-refractivity contribution in [1.82, 2.24) is 10.2 Å². The Hall–Kier alpha value is -1.45. The quantitative estimate of drug-likeness (QED) is 0.758. The maximum atomic E-state index is 12.3. The van der Waals surface area contributed by atoms with Crippen LogP contribution in [0.25, 0.3) is 0 Å². The van der Waals surface area contributed by atoms with E-state index in [0.717, 1.165) is 0 Å². The summed E-state index contributed by atoms with van der Waals surface area (Å²) in [6.07, 6.45) is -5.55. The highest BCUT2D eigenvalue weighted by Gasteiger charge is 2.40. The van der Waals surface area contributed by atoms with E-state index in [4.69, 9.17) is 5.11 Å². The van der Waals surface area contributed by atoms with Crippen LogP contribution in [0.15, 0.2) is 0 Å². The lowest BCUT2D eigenvalue weighted by molar-refractivity contribution is -0.160. The molecule has 0 aromatic heterocycles. The summed E-state index contributed by atoms with van der Waals surface area (Å²) in [6, 6.07) is -2.99. The highest BCUT2D eigenvalue weighted by atomic mass is 32.2. The monoisotopic (exact) mass is 342 g/mol. The van der Waals surface area contributed by atoms with Crippen molar-refractivity contribution in [3.05, 3.63) is 0 Å². The molecule has 2 unspecified atom stereocenters. The van der Waals surface area contributed by atoms with Gasteiger partial charge in [-0.15, -0.1) is 11.8 Å². The van der Waals surface area contributed by atoms with E-state index in [-0.39, 0.29) is 24.0 Å². The van der Waals surface area contributed by atoms with Gasteiger partial charge in [0.15, 0.2) is 0 Å². The second kappa shape index (κ2) is 7.70. The van der Waals surface area contributed by atoms with Gasteiger partial charge in [-0.05, 0) is 6.42 Å². The van der Waals surface area contributed by atoms with E-state index < -0.39 is 36.6 Å². The zero-order valence-corrected chi connectivity index (χ0v) is 12.7. The van der Waals surface area contributed by atoms with Crippen LogP contribution in [0.4, 0.5) is 13.2 Å². The van der Waals surface area contributed by atoms with Crippen molar-refractivity contribution in [1.29, 1.82) is 0 Å². The molecule has 2 amide bonds. The molecule has 1 heterocycles. The zero-order valence-electron chi connectivity index (χ0n) is 11.9. The summed E-state index contributed by atoms with van der Waals surface area (Å²) in [5.74, 6) is -2.39. The first-order valence-corrected chi connectivity index (χ1v) is 7.78. The number of nitrogens with zero attached hydrogens (tertiary/aromatic N) is 1. The van der Waals surface area contributed by atoms with Crippen LogP contribution < -0.4 is 5.32 Å². The average Bonchev–Trinajstić information content (AvgIpc) is 2.85. The smallest absolute Gasteiger partial charge is 0.391 e. The van der Waals surface area contributed by atoms with Gasteiger partial charge >= 0.3 is 12.1 Å². The van der Waals surface area contributed by atoms with Crippen LogP contribution >= 0.6 is 11.8 Å². The molecule has 0 aliphatic carbocycles. The summed E-state index contributed by atoms with van der Waals surface area (Å²) >= 11 is 1.30. The second-order valence-corrected chi connectivity index (χ2v) is 5.85. The second-order valence-electron chi connectivity index (χ2n) is 4.85. The molecule has 1 rings (SSSR count). The van der Waals surface area contributed by atoms with Crippen LogP contribution in [-0.2, 0) is 14.4 Å². The van der Waals surface area contributed by atoms with Crippen molar-refractivity contribution in [2.75, 3.05) is 11.6 Å². The number of amides is 2. The summed E-state index contributed by atoms with van der Waals surface area (Å²) in [5, 5.41) is 10.7. The molecule has 2 atom stereocenters. The number of hydrogen-bond acceptors (Lipinski definition) is 4. The van der Waals surface area contributed by atoms with Gasteiger partial charge in [0.1, 0.15) is 12.1 Å². The number of carbonyl (C=O) groups excluding carboxylic acids is 2. The molecule has 10 heteroatoms. The van der Waals surface area contributed by atoms with Crippen molar-refractivity contribution in [3.8, 4) is 0 Å². The lowest BCUT2D eigenvalue weighted by atomic mass is 10.1. The molecule has 0 radical (unpaired) electrons. The molecule has 0 aromatic rings. The van der Waals surface area contributed by atoms with Crippen LogP contribution in [0.3, 0.4) is 0 Å². The first kappa shape index (κ1) is 18.6. The van der Waals surface area contributed by atoms with Crippen LogP contribution in [0.1, 0.15) is 26.2 Å². The van der Waals surface area contributed by atoms with Gasteiger partial charge in [-0.25, -0.2) is 4.79 Å². The van der Waals surface area contributed by atoms with Gasteiger partial charge in [0.25, 0.3) is 0 Å². The Morgan fingerprint density at radius 2 is 2.05 bits per heavy atom. The number of thioether (sulfide) groups is 1. The predicted octanol–water partition coefficient (Wildman–Crippen LogP) is 1.21. The fraction of sp³-hybridized carbons (Fsp3) is 0.750. The van der Waals surface area contributed by atoms with Crippen molar-refractivity contribution in [3.63, 3.8) is 0 Å². The summed E-state index contributed by atoms with van der Waals surface area (Å²) in [4.78, 5) is 36.0. The zero-order chi connectivity index (χ0) is 16.9. The largest absolute Gasteiger partial charge is 0.480 e. The Balaban J connectivity index is 2.72. The van der Waals surface area contributed by atoms with E-state index in [0.29, 0.717) is 6.42 Å². The number of aliphatic carboxylic acids is 1. The van der Waals surface area contributed by atoms with E-state index in [1.165, 1.54) is 16.7 Å². The fourth-order valence-corrected chi connectivity index (χ4v) is 3.14. The average molecular weight is 342 g/mol. The predicted molar refractivity (Wildman–Crippen MR) is 73.1 cm³/mol. The van der Waals surface area contributed by atoms with Gasteiger partial charge in [-0.2, -0.15) is 13.2 Å². The minimum Gasteiger partial charge on any atom is -0.480 e. The minimum absolute atomic E-state index is 0.231. The summed E-state index contributed by atoms with van der Waals surface area (Å²) in [6.45, 7) is 1.79. The molecule has 22 heavy (non-hydrogen) atoms. The highest BCUT2D eigenvalue weighted by Crippen LogP contribution is 2.24. The Kier molecular flexibility index (Phi) is 6.51. The minimum atomic E-state index is -4.71. The van der Waals surface area contributed by atoms with Crippen LogP contribution in [0.2, 0.25) is 0 Å². The van der Waals surface area contributed by atoms with Crippen molar-refractivity contribution >= 4 is 29.5 Å². The molecule has 0 spiro atoms. The SMILES string of the molecule is CCCC(=O)N1CSCC1C(=O)NC(CC(F)(F)F)C(=O)O. The topological polar surface area (TPSA) is 86.7 Å². The Labute approximate surface area is 129 Å². The number of carboxylic acids is 1. The Morgan fingerprint density at radius 1 is 1.41 bits per heavy atom. The van der Waals surface area contributed by atoms with Gasteiger partial charge in [0.2, 0.25) is 11.8 Å². The van der Waals surface area contributed by atoms with Gasteiger partial charge in [-0.3, -0.25) is 9.59 Å². The first-order valence-electron chi connectivity index (χ1n) is 6.63. The fourth-order valence-electron chi connectivity index (χ4n) is 1.96. The van der Waals surface area contributed by atoms with Gasteiger partial charge in [0.05, 0.1) is 12.3 Å². The molecular formula is C12H17F3N2O4S. The Morgan fingerprint density at radius 3 is 2.55 bits per heavy atom. The van der Waals surface area contributed by atoms with Crippen molar-refractivity contribution < 1.29 is 32.7 Å². The number of carboxylic acid groups (broad SMARTS) is 1. The number of carbonyl (C=O) groups is 3.